The number of ether oxygens (including phenoxy) is 1. The first-order valence-electron chi connectivity index (χ1n) is 8.53. The number of thiocarbonyl (C=S) groups is 1. The van der Waals surface area contributed by atoms with Gasteiger partial charge in [-0.2, -0.15) is 5.10 Å². The van der Waals surface area contributed by atoms with Gasteiger partial charge in [-0.3, -0.25) is 5.43 Å². The Bertz CT molecular complexity index is 910. The van der Waals surface area contributed by atoms with E-state index in [9.17, 15) is 0 Å². The lowest BCUT2D eigenvalue weighted by molar-refractivity contribution is 0.306. The summed E-state index contributed by atoms with van der Waals surface area (Å²) in [5.41, 5.74) is 4.87. The zero-order valence-electron chi connectivity index (χ0n) is 14.6. The standard InChI is InChI=1S/C21H21N3OS/c1-2-22-21(26)24-23-14-19-18-11-7-6-10-17(18)12-13-20(19)25-15-16-8-4-3-5-9-16/h3-14H,2,15H2,1H3,(H2,22,24,26). The lowest BCUT2D eigenvalue weighted by Gasteiger charge is -2.12. The van der Waals surface area contributed by atoms with E-state index in [1.165, 1.54) is 0 Å². The molecule has 3 aromatic rings. The van der Waals surface area contributed by atoms with Crippen LogP contribution in [0.3, 0.4) is 0 Å². The maximum atomic E-state index is 6.07. The summed E-state index contributed by atoms with van der Waals surface area (Å²) < 4.78 is 6.07. The van der Waals surface area contributed by atoms with Gasteiger partial charge < -0.3 is 10.1 Å². The van der Waals surface area contributed by atoms with E-state index in [-0.39, 0.29) is 0 Å². The molecule has 0 fully saturated rings. The Kier molecular flexibility index (Phi) is 6.17. The van der Waals surface area contributed by atoms with Crippen molar-refractivity contribution in [2.45, 2.75) is 13.5 Å². The maximum absolute atomic E-state index is 6.07. The van der Waals surface area contributed by atoms with E-state index in [0.717, 1.165) is 34.2 Å². The summed E-state index contributed by atoms with van der Waals surface area (Å²) in [5.74, 6) is 0.785. The Morgan fingerprint density at radius 2 is 1.81 bits per heavy atom. The predicted octanol–water partition coefficient (Wildman–Crippen LogP) is 4.24. The largest absolute Gasteiger partial charge is 0.488 e. The molecule has 3 rings (SSSR count). The van der Waals surface area contributed by atoms with Crippen molar-refractivity contribution in [2.24, 2.45) is 5.10 Å². The Morgan fingerprint density at radius 3 is 2.62 bits per heavy atom. The number of nitrogens with one attached hydrogen (secondary N) is 2. The van der Waals surface area contributed by atoms with Crippen molar-refractivity contribution in [3.63, 3.8) is 0 Å². The van der Waals surface area contributed by atoms with Crippen LogP contribution >= 0.6 is 12.2 Å². The minimum absolute atomic E-state index is 0.496. The van der Waals surface area contributed by atoms with Crippen LogP contribution in [0.4, 0.5) is 0 Å². The SMILES string of the molecule is CCNC(=S)NN=Cc1c(OCc2ccccc2)ccc2ccccc12. The Morgan fingerprint density at radius 1 is 1.04 bits per heavy atom. The van der Waals surface area contributed by atoms with Crippen LogP contribution in [0, 0.1) is 0 Å². The Labute approximate surface area is 158 Å². The van der Waals surface area contributed by atoms with E-state index < -0.39 is 0 Å². The quantitative estimate of drug-likeness (QED) is 0.391. The number of rotatable bonds is 6. The third-order valence-corrected chi connectivity index (χ3v) is 4.10. The second kappa shape index (κ2) is 8.97. The van der Waals surface area contributed by atoms with Gasteiger partial charge in [0.25, 0.3) is 0 Å². The average molecular weight is 363 g/mol. The van der Waals surface area contributed by atoms with Crippen molar-refractivity contribution in [1.29, 1.82) is 0 Å². The number of hydrogen-bond donors (Lipinski definition) is 2. The van der Waals surface area contributed by atoms with Crippen molar-refractivity contribution in [3.05, 3.63) is 77.9 Å². The summed E-state index contributed by atoms with van der Waals surface area (Å²) in [6.07, 6.45) is 1.76. The summed E-state index contributed by atoms with van der Waals surface area (Å²) in [7, 11) is 0. The van der Waals surface area contributed by atoms with Gasteiger partial charge >= 0.3 is 0 Å². The molecule has 3 aromatic carbocycles. The average Bonchev–Trinajstić information content (AvgIpc) is 2.68. The van der Waals surface area contributed by atoms with Crippen molar-refractivity contribution in [3.8, 4) is 5.75 Å². The molecule has 5 heteroatoms. The van der Waals surface area contributed by atoms with E-state index in [1.54, 1.807) is 6.21 Å². The molecule has 0 radical (unpaired) electrons. The Hall–Kier alpha value is -2.92. The molecule has 0 atom stereocenters. The first-order chi connectivity index (χ1) is 12.8. The highest BCUT2D eigenvalue weighted by atomic mass is 32.1. The monoisotopic (exact) mass is 363 g/mol. The molecule has 132 valence electrons. The van der Waals surface area contributed by atoms with Crippen molar-refractivity contribution < 1.29 is 4.74 Å². The fraction of sp³-hybridized carbons (Fsp3) is 0.143. The smallest absolute Gasteiger partial charge is 0.186 e. The van der Waals surface area contributed by atoms with Crippen LogP contribution in [0.5, 0.6) is 5.75 Å². The fourth-order valence-electron chi connectivity index (χ4n) is 2.63. The molecular weight excluding hydrogens is 342 g/mol. The van der Waals surface area contributed by atoms with Crippen molar-refractivity contribution in [1.82, 2.24) is 10.7 Å². The van der Waals surface area contributed by atoms with Gasteiger partial charge in [0.1, 0.15) is 12.4 Å². The molecule has 0 aliphatic heterocycles. The minimum atomic E-state index is 0.496. The number of hydrazone groups is 1. The summed E-state index contributed by atoms with van der Waals surface area (Å²) in [6.45, 7) is 3.24. The molecule has 0 saturated heterocycles. The van der Waals surface area contributed by atoms with Gasteiger partial charge in [-0.05, 0) is 41.5 Å². The molecule has 2 N–H and O–H groups in total. The second-order valence-corrected chi connectivity index (χ2v) is 6.11. The van der Waals surface area contributed by atoms with Gasteiger partial charge in [0.05, 0.1) is 6.21 Å². The third kappa shape index (κ3) is 4.58. The number of fused-ring (bicyclic) bond motifs is 1. The Balaban J connectivity index is 1.86. The molecule has 0 aromatic heterocycles. The van der Waals surface area contributed by atoms with Crippen LogP contribution < -0.4 is 15.5 Å². The number of benzene rings is 3. The van der Waals surface area contributed by atoms with E-state index in [1.807, 2.05) is 55.5 Å². The van der Waals surface area contributed by atoms with E-state index in [2.05, 4.69) is 34.0 Å². The molecule has 0 unspecified atom stereocenters. The minimum Gasteiger partial charge on any atom is -0.488 e. The molecule has 0 aliphatic rings. The van der Waals surface area contributed by atoms with Crippen LogP contribution in [-0.4, -0.2) is 17.9 Å². The topological polar surface area (TPSA) is 45.7 Å². The van der Waals surface area contributed by atoms with E-state index >= 15 is 0 Å². The molecule has 4 nitrogen and oxygen atoms in total. The fourth-order valence-corrected chi connectivity index (χ4v) is 2.82. The molecule has 0 heterocycles. The molecule has 0 aliphatic carbocycles. The highest BCUT2D eigenvalue weighted by molar-refractivity contribution is 7.80. The molecule has 0 saturated carbocycles. The van der Waals surface area contributed by atoms with Crippen LogP contribution in [-0.2, 0) is 6.61 Å². The molecular formula is C21H21N3OS. The third-order valence-electron chi connectivity index (χ3n) is 3.86. The molecule has 0 amide bonds. The van der Waals surface area contributed by atoms with Crippen molar-refractivity contribution in [2.75, 3.05) is 6.54 Å². The maximum Gasteiger partial charge on any atom is 0.186 e. The summed E-state index contributed by atoms with van der Waals surface area (Å²) in [4.78, 5) is 0. The zero-order chi connectivity index (χ0) is 18.2. The van der Waals surface area contributed by atoms with Gasteiger partial charge in [0.15, 0.2) is 5.11 Å². The number of nitrogens with zero attached hydrogens (tertiary/aromatic N) is 1. The summed E-state index contributed by atoms with van der Waals surface area (Å²) >= 11 is 5.15. The van der Waals surface area contributed by atoms with Crippen LogP contribution in [0.2, 0.25) is 0 Å². The second-order valence-electron chi connectivity index (χ2n) is 5.70. The first-order valence-corrected chi connectivity index (χ1v) is 8.94. The van der Waals surface area contributed by atoms with Gasteiger partial charge in [-0.25, -0.2) is 0 Å². The van der Waals surface area contributed by atoms with Gasteiger partial charge in [-0.15, -0.1) is 0 Å². The lowest BCUT2D eigenvalue weighted by Crippen LogP contribution is -2.31. The van der Waals surface area contributed by atoms with Gasteiger partial charge in [0, 0.05) is 12.1 Å². The van der Waals surface area contributed by atoms with E-state index in [4.69, 9.17) is 17.0 Å². The zero-order valence-corrected chi connectivity index (χ0v) is 15.4. The molecule has 0 spiro atoms. The van der Waals surface area contributed by atoms with Gasteiger partial charge in [0.2, 0.25) is 0 Å². The lowest BCUT2D eigenvalue weighted by atomic mass is 10.0. The molecule has 0 bridgehead atoms. The normalized spacial score (nSPS) is 10.8. The highest BCUT2D eigenvalue weighted by Gasteiger charge is 2.07. The first kappa shape index (κ1) is 17.9. The van der Waals surface area contributed by atoms with Crippen LogP contribution in [0.1, 0.15) is 18.1 Å². The number of hydrogen-bond acceptors (Lipinski definition) is 3. The highest BCUT2D eigenvalue weighted by Crippen LogP contribution is 2.27. The van der Waals surface area contributed by atoms with Gasteiger partial charge in [-0.1, -0.05) is 60.7 Å². The van der Waals surface area contributed by atoms with Crippen LogP contribution in [0.15, 0.2) is 71.8 Å². The summed E-state index contributed by atoms with van der Waals surface area (Å²) in [5, 5.41) is 9.98. The van der Waals surface area contributed by atoms with Crippen LogP contribution in [0.25, 0.3) is 10.8 Å². The summed E-state index contributed by atoms with van der Waals surface area (Å²) in [6, 6.07) is 22.3. The molecule has 26 heavy (non-hydrogen) atoms. The predicted molar refractivity (Wildman–Crippen MR) is 112 cm³/mol. The van der Waals surface area contributed by atoms with Crippen molar-refractivity contribution >= 4 is 34.3 Å². The van der Waals surface area contributed by atoms with E-state index in [0.29, 0.717) is 11.7 Å².